The highest BCUT2D eigenvalue weighted by Crippen LogP contribution is 2.12. The molecule has 2 N–H and O–H groups in total. The lowest BCUT2D eigenvalue weighted by Crippen LogP contribution is -2.04. The molecule has 0 atom stereocenters. The third-order valence-corrected chi connectivity index (χ3v) is 1.91. The van der Waals surface area contributed by atoms with E-state index >= 15 is 0 Å². The Labute approximate surface area is 82.6 Å². The predicted octanol–water partition coefficient (Wildman–Crippen LogP) is 1.83. The van der Waals surface area contributed by atoms with Crippen molar-refractivity contribution in [2.75, 3.05) is 0 Å². The van der Waals surface area contributed by atoms with Gasteiger partial charge in [0.1, 0.15) is 0 Å². The van der Waals surface area contributed by atoms with Crippen LogP contribution in [0.25, 0.3) is 0 Å². The van der Waals surface area contributed by atoms with Crippen LogP contribution in [0.15, 0.2) is 23.3 Å². The molecule has 0 aliphatic rings. The van der Waals surface area contributed by atoms with Crippen LogP contribution in [-0.2, 0) is 9.59 Å². The van der Waals surface area contributed by atoms with E-state index in [9.17, 15) is 9.59 Å². The van der Waals surface area contributed by atoms with Gasteiger partial charge in [-0.2, -0.15) is 0 Å². The van der Waals surface area contributed by atoms with Crippen molar-refractivity contribution >= 4 is 11.9 Å². The predicted molar refractivity (Wildman–Crippen MR) is 52.0 cm³/mol. The summed E-state index contributed by atoms with van der Waals surface area (Å²) in [5, 5.41) is 17.3. The molecule has 0 fully saturated rings. The molecule has 0 spiro atoms. The Hall–Kier alpha value is -1.58. The summed E-state index contributed by atoms with van der Waals surface area (Å²) in [5.74, 6) is -1.98. The number of carboxylic acids is 2. The average Bonchev–Trinajstić information content (AvgIpc) is 2.11. The Bertz CT molecular complexity index is 256. The molecule has 0 saturated carbocycles. The summed E-state index contributed by atoms with van der Waals surface area (Å²) in [7, 11) is 0. The molecule has 0 aromatic rings. The van der Waals surface area contributed by atoms with Crippen molar-refractivity contribution in [3.8, 4) is 0 Å². The van der Waals surface area contributed by atoms with E-state index in [0.29, 0.717) is 0 Å². The zero-order chi connectivity index (χ0) is 11.1. The lowest BCUT2D eigenvalue weighted by Gasteiger charge is -2.02. The number of carboxylic acid groups (broad SMARTS) is 2. The summed E-state index contributed by atoms with van der Waals surface area (Å²) in [6.07, 6.45) is 3.46. The van der Waals surface area contributed by atoms with Gasteiger partial charge in [-0.15, -0.1) is 0 Å². The Morgan fingerprint density at radius 2 is 1.21 bits per heavy atom. The van der Waals surface area contributed by atoms with Crippen LogP contribution in [0, 0.1) is 0 Å². The molecule has 0 aliphatic carbocycles. The van der Waals surface area contributed by atoms with E-state index in [2.05, 4.69) is 0 Å². The number of aliphatic carboxylic acids is 2. The maximum atomic E-state index is 10.6. The maximum absolute atomic E-state index is 10.6. The Balaban J connectivity index is 4.30. The fourth-order valence-corrected chi connectivity index (χ4v) is 1.02. The SMILES string of the molecule is CC=C(CCC(=CC)C(=O)O)C(=O)O. The second-order valence-electron chi connectivity index (χ2n) is 2.74. The van der Waals surface area contributed by atoms with Crippen LogP contribution in [0.3, 0.4) is 0 Å². The van der Waals surface area contributed by atoms with E-state index in [0.717, 1.165) is 0 Å². The van der Waals surface area contributed by atoms with Gasteiger partial charge in [-0.3, -0.25) is 0 Å². The first-order valence-corrected chi connectivity index (χ1v) is 4.29. The highest BCUT2D eigenvalue weighted by Gasteiger charge is 2.10. The smallest absolute Gasteiger partial charge is 0.331 e. The minimum absolute atomic E-state index is 0.241. The number of rotatable bonds is 5. The fraction of sp³-hybridized carbons (Fsp3) is 0.400. The molecular formula is C10H14O4. The normalized spacial score (nSPS) is 12.7. The van der Waals surface area contributed by atoms with Crippen LogP contribution in [0.4, 0.5) is 0 Å². The van der Waals surface area contributed by atoms with Crippen LogP contribution in [-0.4, -0.2) is 22.2 Å². The first-order chi connectivity index (χ1) is 6.52. The van der Waals surface area contributed by atoms with E-state index in [-0.39, 0.29) is 24.0 Å². The van der Waals surface area contributed by atoms with E-state index in [1.165, 1.54) is 12.2 Å². The standard InChI is InChI=1S/C10H14O4/c1-3-7(9(11)12)5-6-8(4-2)10(13)14/h3-4H,5-6H2,1-2H3,(H,11,12)(H,13,14). The number of allylic oxidation sites excluding steroid dienone is 2. The van der Waals surface area contributed by atoms with Gasteiger partial charge in [0.25, 0.3) is 0 Å². The van der Waals surface area contributed by atoms with Gasteiger partial charge in [0.2, 0.25) is 0 Å². The van der Waals surface area contributed by atoms with E-state index in [4.69, 9.17) is 10.2 Å². The Morgan fingerprint density at radius 3 is 1.36 bits per heavy atom. The van der Waals surface area contributed by atoms with Crippen LogP contribution in [0.5, 0.6) is 0 Å². The molecule has 0 aromatic carbocycles. The molecule has 0 heterocycles. The second kappa shape index (κ2) is 5.96. The first-order valence-electron chi connectivity index (χ1n) is 4.29. The Morgan fingerprint density at radius 1 is 0.929 bits per heavy atom. The molecule has 4 nitrogen and oxygen atoms in total. The topological polar surface area (TPSA) is 74.6 Å². The second-order valence-corrected chi connectivity index (χ2v) is 2.74. The van der Waals surface area contributed by atoms with E-state index in [1.54, 1.807) is 13.8 Å². The van der Waals surface area contributed by atoms with Gasteiger partial charge in [0, 0.05) is 11.1 Å². The molecule has 14 heavy (non-hydrogen) atoms. The molecule has 0 radical (unpaired) electrons. The molecule has 0 rings (SSSR count). The molecular weight excluding hydrogens is 184 g/mol. The molecule has 0 aromatic heterocycles. The highest BCUT2D eigenvalue weighted by molar-refractivity contribution is 5.88. The molecule has 0 bridgehead atoms. The van der Waals surface area contributed by atoms with Crippen molar-refractivity contribution in [3.05, 3.63) is 23.3 Å². The summed E-state index contributed by atoms with van der Waals surface area (Å²) in [5.41, 5.74) is 0.483. The average molecular weight is 198 g/mol. The third-order valence-electron chi connectivity index (χ3n) is 1.91. The van der Waals surface area contributed by atoms with Gasteiger partial charge < -0.3 is 10.2 Å². The van der Waals surface area contributed by atoms with Crippen molar-refractivity contribution in [3.63, 3.8) is 0 Å². The van der Waals surface area contributed by atoms with Crippen molar-refractivity contribution in [2.45, 2.75) is 26.7 Å². The van der Waals surface area contributed by atoms with Crippen LogP contribution < -0.4 is 0 Å². The lowest BCUT2D eigenvalue weighted by atomic mass is 10.0. The largest absolute Gasteiger partial charge is 0.478 e. The minimum Gasteiger partial charge on any atom is -0.478 e. The summed E-state index contributed by atoms with van der Waals surface area (Å²) in [6, 6.07) is 0. The van der Waals surface area contributed by atoms with Gasteiger partial charge in [-0.05, 0) is 26.7 Å². The van der Waals surface area contributed by atoms with Gasteiger partial charge in [0.05, 0.1) is 0 Å². The molecule has 4 heteroatoms. The molecule has 0 aliphatic heterocycles. The minimum atomic E-state index is -0.992. The lowest BCUT2D eigenvalue weighted by molar-refractivity contribution is -0.134. The monoisotopic (exact) mass is 198 g/mol. The molecule has 0 unspecified atom stereocenters. The number of hydrogen-bond acceptors (Lipinski definition) is 2. The number of hydrogen-bond donors (Lipinski definition) is 2. The van der Waals surface area contributed by atoms with Crippen molar-refractivity contribution in [1.82, 2.24) is 0 Å². The van der Waals surface area contributed by atoms with Gasteiger partial charge in [-0.1, -0.05) is 12.2 Å². The van der Waals surface area contributed by atoms with Gasteiger partial charge in [0.15, 0.2) is 0 Å². The van der Waals surface area contributed by atoms with Crippen LogP contribution >= 0.6 is 0 Å². The van der Waals surface area contributed by atoms with Gasteiger partial charge in [-0.25, -0.2) is 9.59 Å². The zero-order valence-electron chi connectivity index (χ0n) is 8.28. The van der Waals surface area contributed by atoms with Crippen molar-refractivity contribution in [1.29, 1.82) is 0 Å². The first kappa shape index (κ1) is 12.4. The van der Waals surface area contributed by atoms with E-state index in [1.807, 2.05) is 0 Å². The fourth-order valence-electron chi connectivity index (χ4n) is 1.02. The Kier molecular flexibility index (Phi) is 5.29. The van der Waals surface area contributed by atoms with Crippen LogP contribution in [0.2, 0.25) is 0 Å². The maximum Gasteiger partial charge on any atom is 0.331 e. The molecule has 0 amide bonds. The summed E-state index contributed by atoms with van der Waals surface area (Å²) in [4.78, 5) is 21.1. The van der Waals surface area contributed by atoms with E-state index < -0.39 is 11.9 Å². The number of carbonyl (C=O) groups is 2. The van der Waals surface area contributed by atoms with Crippen LogP contribution in [0.1, 0.15) is 26.7 Å². The third kappa shape index (κ3) is 3.89. The summed E-state index contributed by atoms with van der Waals surface area (Å²) in [6.45, 7) is 3.25. The summed E-state index contributed by atoms with van der Waals surface area (Å²) >= 11 is 0. The molecule has 0 saturated heterocycles. The quantitative estimate of drug-likeness (QED) is 0.661. The highest BCUT2D eigenvalue weighted by atomic mass is 16.4. The van der Waals surface area contributed by atoms with Crippen molar-refractivity contribution < 1.29 is 19.8 Å². The zero-order valence-corrected chi connectivity index (χ0v) is 8.28. The van der Waals surface area contributed by atoms with Crippen molar-refractivity contribution in [2.24, 2.45) is 0 Å². The van der Waals surface area contributed by atoms with Gasteiger partial charge >= 0.3 is 11.9 Å². The molecule has 78 valence electrons. The summed E-state index contributed by atoms with van der Waals surface area (Å²) < 4.78 is 0.